The maximum atomic E-state index is 11.5. The van der Waals surface area contributed by atoms with Gasteiger partial charge in [-0.25, -0.2) is 0 Å². The zero-order valence-corrected chi connectivity index (χ0v) is 34.8. The number of rotatable bonds is 15. The molecule has 2 rings (SSSR count). The molecular weight excluding hydrogens is 783 g/mol. The minimum atomic E-state index is -0.913. The van der Waals surface area contributed by atoms with Gasteiger partial charge in [0.1, 0.15) is 13.2 Å². The van der Waals surface area contributed by atoms with Gasteiger partial charge in [0.15, 0.2) is 0 Å². The van der Waals surface area contributed by atoms with Gasteiger partial charge in [-0.3, -0.25) is 4.79 Å². The molecule has 0 aliphatic carbocycles. The molecule has 0 aromatic heterocycles. The number of nitrogens with zero attached hydrogens (tertiary/aromatic N) is 1. The molecule has 0 saturated carbocycles. The summed E-state index contributed by atoms with van der Waals surface area (Å²) in [5.74, 6) is 1.61. The average Bonchev–Trinajstić information content (AvgIpc) is 3.48. The van der Waals surface area contributed by atoms with E-state index >= 15 is 0 Å². The van der Waals surface area contributed by atoms with Crippen molar-refractivity contribution in [2.24, 2.45) is 0 Å². The van der Waals surface area contributed by atoms with Crippen molar-refractivity contribution in [3.63, 3.8) is 0 Å². The van der Waals surface area contributed by atoms with E-state index in [0.717, 1.165) is 52.5 Å². The van der Waals surface area contributed by atoms with Crippen molar-refractivity contribution >= 4 is 71.0 Å². The van der Waals surface area contributed by atoms with Crippen molar-refractivity contribution in [3.05, 3.63) is 0 Å². The second kappa shape index (κ2) is 32.1. The van der Waals surface area contributed by atoms with Gasteiger partial charge >= 0.3 is 35.5 Å². The Balaban J connectivity index is -0.000000254. The summed E-state index contributed by atoms with van der Waals surface area (Å²) in [6, 6.07) is 0. The quantitative estimate of drug-likeness (QED) is 0.0440. The molecule has 2 saturated heterocycles. The number of nitrogens with one attached hydrogen (secondary N) is 1. The molecule has 0 bridgehead atoms. The number of carbonyl (C=O) groups excluding carboxylic acids is 2. The van der Waals surface area contributed by atoms with Crippen LogP contribution in [-0.4, -0.2) is 98.7 Å². The second-order valence-electron chi connectivity index (χ2n) is 10.4. The van der Waals surface area contributed by atoms with Gasteiger partial charge in [0.25, 0.3) is 0 Å². The van der Waals surface area contributed by atoms with Crippen LogP contribution in [0.5, 0.6) is 0 Å². The number of hydrogen-bond acceptors (Lipinski definition) is 8. The van der Waals surface area contributed by atoms with Crippen molar-refractivity contribution < 1.29 is 92.3 Å². The van der Waals surface area contributed by atoms with Crippen LogP contribution in [-0.2, 0) is 14.3 Å². The molecule has 0 radical (unpaired) electrons. The zero-order valence-electron chi connectivity index (χ0n) is 24.8. The van der Waals surface area contributed by atoms with Crippen molar-refractivity contribution in [1.82, 2.24) is 0 Å². The van der Waals surface area contributed by atoms with Gasteiger partial charge in [0.2, 0.25) is 0 Å². The van der Waals surface area contributed by atoms with E-state index in [1.807, 2.05) is 43.2 Å². The zero-order chi connectivity index (χ0) is 27.2. The second-order valence-corrected chi connectivity index (χ2v) is 16.8. The number of hydrogen-bond donors (Lipinski definition) is 1. The van der Waals surface area contributed by atoms with E-state index < -0.39 is 5.97 Å². The number of halogens is 3. The van der Waals surface area contributed by atoms with Crippen LogP contribution in [0.15, 0.2) is 0 Å². The molecule has 0 aromatic rings. The fourth-order valence-corrected chi connectivity index (χ4v) is 9.95. The maximum Gasteiger partial charge on any atom is 1.00 e. The number of quaternary nitrogens is 2. The number of alkyl halides is 1. The van der Waals surface area contributed by atoms with Gasteiger partial charge < -0.3 is 58.0 Å². The van der Waals surface area contributed by atoms with Gasteiger partial charge in [-0.15, -0.1) is 0 Å². The third-order valence-corrected chi connectivity index (χ3v) is 11.8. The average molecular weight is 834 g/mol. The van der Waals surface area contributed by atoms with Crippen LogP contribution in [0, 0.1) is 0 Å². The molecule has 2 heterocycles. The van der Waals surface area contributed by atoms with Gasteiger partial charge in [0, 0.05) is 34.4 Å². The summed E-state index contributed by atoms with van der Waals surface area (Å²) in [5, 5.41) is 12.8. The molecule has 2 atom stereocenters. The fraction of sp³-hybridized carbons (Fsp3) is 0.920. The first kappa shape index (κ1) is 48.6. The molecule has 0 spiro atoms. The predicted molar refractivity (Wildman–Crippen MR) is 164 cm³/mol. The SMILES string of the molecule is C[N+](C)(C)CCOC(=O)CCCC[C@@H]1CCSS1.C[NH+](C)CCBr.O=C([O-])CCCC[C@@H]1CCSS1.[Br-].[Br-].[Na+]. The van der Waals surface area contributed by atoms with Gasteiger partial charge in [0.05, 0.1) is 47.1 Å². The first-order valence-corrected chi connectivity index (χ1v) is 19.0. The van der Waals surface area contributed by atoms with Crippen LogP contribution in [0.3, 0.4) is 0 Å². The molecule has 0 unspecified atom stereocenters. The fourth-order valence-electron chi connectivity index (χ4n) is 3.11. The van der Waals surface area contributed by atoms with Gasteiger partial charge in [-0.1, -0.05) is 71.9 Å². The van der Waals surface area contributed by atoms with E-state index in [1.54, 1.807) is 0 Å². The number of carboxylic acid groups (broad SMARTS) is 1. The molecule has 1 N–H and O–H groups in total. The van der Waals surface area contributed by atoms with E-state index in [-0.39, 0.29) is 75.9 Å². The standard InChI is InChI=1S/C13H26NO2S2.C8H14O2S2.C4H10BrN.2BrH.Na/c1-14(2,3)9-10-16-13(15)7-5-4-6-12-8-11-17-18-12;9-8(10)4-2-1-3-7-5-6-11-12-7;1-6(2)4-3-5;;;/h12H,4-11H2,1-3H3;7H,1-6H2,(H,9,10);3-4H2,1-2H3;2*1H;/q+1;;;;;+1/p-2/t12-;7-;;;;/m11..../s1. The van der Waals surface area contributed by atoms with Crippen molar-refractivity contribution in [2.75, 3.05) is 71.8 Å². The Morgan fingerprint density at radius 2 is 1.41 bits per heavy atom. The van der Waals surface area contributed by atoms with Crippen LogP contribution >= 0.6 is 59.1 Å². The number of aliphatic carboxylic acids is 1. The number of carbonyl (C=O) groups is 2. The smallest absolute Gasteiger partial charge is 1.00 e. The van der Waals surface area contributed by atoms with Crippen molar-refractivity contribution in [2.45, 2.75) is 74.7 Å². The summed E-state index contributed by atoms with van der Waals surface area (Å²) < 4.78 is 6.06. The Morgan fingerprint density at radius 3 is 1.74 bits per heavy atom. The molecule has 6 nitrogen and oxygen atoms in total. The Morgan fingerprint density at radius 1 is 0.923 bits per heavy atom. The maximum absolute atomic E-state index is 11.5. The first-order valence-electron chi connectivity index (χ1n) is 13.1. The Kier molecular flexibility index (Phi) is 40.0. The van der Waals surface area contributed by atoms with E-state index in [1.165, 1.54) is 48.6 Å². The van der Waals surface area contributed by atoms with E-state index in [9.17, 15) is 14.7 Å². The molecular formula is C25H50Br3N2NaO4S4. The summed E-state index contributed by atoms with van der Waals surface area (Å²) >= 11 is 3.33. The summed E-state index contributed by atoms with van der Waals surface area (Å²) in [6.45, 7) is 2.62. The molecule has 0 amide bonds. The monoisotopic (exact) mass is 830 g/mol. The van der Waals surface area contributed by atoms with Gasteiger partial charge in [-0.05, 0) is 44.9 Å². The van der Waals surface area contributed by atoms with Crippen molar-refractivity contribution in [3.8, 4) is 0 Å². The molecule has 14 heteroatoms. The summed E-state index contributed by atoms with van der Waals surface area (Å²) in [4.78, 5) is 23.1. The normalized spacial score (nSPS) is 17.8. The summed E-state index contributed by atoms with van der Waals surface area (Å²) in [5.41, 5.74) is 0. The molecule has 230 valence electrons. The third kappa shape index (κ3) is 36.8. The molecule has 2 fully saturated rings. The van der Waals surface area contributed by atoms with Crippen LogP contribution in [0.4, 0.5) is 0 Å². The van der Waals surface area contributed by atoms with Gasteiger partial charge in [-0.2, -0.15) is 0 Å². The van der Waals surface area contributed by atoms with Crippen LogP contribution in [0.25, 0.3) is 0 Å². The number of esters is 1. The van der Waals surface area contributed by atoms with E-state index in [4.69, 9.17) is 4.74 Å². The summed E-state index contributed by atoms with van der Waals surface area (Å²) in [6.07, 6.45) is 9.81. The first-order chi connectivity index (χ1) is 17.0. The van der Waals surface area contributed by atoms with Crippen LogP contribution < -0.4 is 73.5 Å². The minimum Gasteiger partial charge on any atom is -1.00 e. The third-order valence-electron chi connectivity index (χ3n) is 5.39. The number of unbranched alkanes of at least 4 members (excludes halogenated alkanes) is 2. The molecule has 39 heavy (non-hydrogen) atoms. The minimum absolute atomic E-state index is 0. The molecule has 0 aromatic carbocycles. The number of carboxylic acids is 1. The van der Waals surface area contributed by atoms with Crippen molar-refractivity contribution in [1.29, 1.82) is 0 Å². The number of ether oxygens (including phenoxy) is 1. The predicted octanol–water partition coefficient (Wildman–Crippen LogP) is -5.06. The van der Waals surface area contributed by atoms with Crippen LogP contribution in [0.1, 0.15) is 64.2 Å². The number of likely N-dealkylation sites (N-methyl/N-ethyl adjacent to an activating group) is 1. The molecule has 2 aliphatic heterocycles. The largest absolute Gasteiger partial charge is 1.00 e. The molecule has 2 aliphatic rings. The Bertz CT molecular complexity index is 572. The van der Waals surface area contributed by atoms with Crippen LogP contribution in [0.2, 0.25) is 0 Å². The Hall–Kier alpha value is 2.70. The van der Waals surface area contributed by atoms with E-state index in [0.29, 0.717) is 13.0 Å². The van der Waals surface area contributed by atoms with E-state index in [2.05, 4.69) is 51.2 Å². The summed E-state index contributed by atoms with van der Waals surface area (Å²) in [7, 11) is 18.5. The topological polar surface area (TPSA) is 70.9 Å². The Labute approximate surface area is 306 Å².